The zero-order valence-corrected chi connectivity index (χ0v) is 12.6. The number of nitrogens with two attached hydrogens (primary N) is 1. The van der Waals surface area contributed by atoms with E-state index in [4.69, 9.17) is 10.5 Å². The third-order valence-corrected chi connectivity index (χ3v) is 3.68. The number of hydrogen-bond acceptors (Lipinski definition) is 4. The Bertz CT molecular complexity index is 531. The van der Waals surface area contributed by atoms with Gasteiger partial charge in [0.25, 0.3) is 0 Å². The summed E-state index contributed by atoms with van der Waals surface area (Å²) in [4.78, 5) is 2.15. The molecule has 0 spiro atoms. The summed E-state index contributed by atoms with van der Waals surface area (Å²) in [6.45, 7) is 1.67. The molecule has 6 nitrogen and oxygen atoms in total. The second-order valence-corrected chi connectivity index (χ2v) is 5.75. The fraction of sp³-hybridized carbons (Fsp3) is 0.462. The Labute approximate surface area is 121 Å². The first kappa shape index (κ1) is 14.8. The number of nitrogens with zero attached hydrogens (tertiary/aromatic N) is 2. The van der Waals surface area contributed by atoms with Gasteiger partial charge < -0.3 is 15.4 Å². The van der Waals surface area contributed by atoms with Crippen molar-refractivity contribution < 1.29 is 8.95 Å². The molecule has 0 bridgehead atoms. The zero-order chi connectivity index (χ0) is 14.5. The smallest absolute Gasteiger partial charge is 0.245 e. The summed E-state index contributed by atoms with van der Waals surface area (Å²) in [5, 5.41) is 0. The van der Waals surface area contributed by atoms with Gasteiger partial charge in [0.2, 0.25) is 11.2 Å². The molecular weight excluding hydrogens is 276 g/mol. The highest BCUT2D eigenvalue weighted by atomic mass is 32.2. The SMILES string of the molecule is CN(C)CCCCOc1cccc2c1C(N)=NS(=O)N2. The highest BCUT2D eigenvalue weighted by molar-refractivity contribution is 7.85. The van der Waals surface area contributed by atoms with E-state index in [9.17, 15) is 4.21 Å². The first-order valence-corrected chi connectivity index (χ1v) is 7.62. The number of rotatable bonds is 6. The maximum absolute atomic E-state index is 11.4. The van der Waals surface area contributed by atoms with Gasteiger partial charge in [-0.3, -0.25) is 4.72 Å². The van der Waals surface area contributed by atoms with Gasteiger partial charge in [-0.05, 0) is 45.6 Å². The Morgan fingerprint density at radius 2 is 2.20 bits per heavy atom. The van der Waals surface area contributed by atoms with Gasteiger partial charge >= 0.3 is 0 Å². The number of unbranched alkanes of at least 4 members (excludes halogenated alkanes) is 1. The summed E-state index contributed by atoms with van der Waals surface area (Å²) >= 11 is -1.50. The first-order valence-electron chi connectivity index (χ1n) is 6.51. The number of benzene rings is 1. The number of hydrogen-bond donors (Lipinski definition) is 2. The molecule has 0 amide bonds. The molecule has 1 atom stereocenters. The minimum atomic E-state index is -1.50. The van der Waals surface area contributed by atoms with Crippen LogP contribution in [0.25, 0.3) is 0 Å². The van der Waals surface area contributed by atoms with Crippen molar-refractivity contribution in [3.63, 3.8) is 0 Å². The fourth-order valence-electron chi connectivity index (χ4n) is 1.96. The van der Waals surface area contributed by atoms with Gasteiger partial charge in [0, 0.05) is 0 Å². The largest absolute Gasteiger partial charge is 0.493 e. The molecule has 0 saturated carbocycles. The van der Waals surface area contributed by atoms with Gasteiger partial charge in [-0.15, -0.1) is 0 Å². The van der Waals surface area contributed by atoms with Gasteiger partial charge in [-0.25, -0.2) is 4.21 Å². The molecule has 7 heteroatoms. The van der Waals surface area contributed by atoms with Crippen LogP contribution in [-0.2, 0) is 11.2 Å². The average molecular weight is 296 g/mol. The molecule has 2 rings (SSSR count). The van der Waals surface area contributed by atoms with Gasteiger partial charge in [-0.1, -0.05) is 6.07 Å². The van der Waals surface area contributed by atoms with Crippen molar-refractivity contribution in [2.24, 2.45) is 10.1 Å². The lowest BCUT2D eigenvalue weighted by Gasteiger charge is -2.18. The van der Waals surface area contributed by atoms with Gasteiger partial charge in [0.1, 0.15) is 11.6 Å². The van der Waals surface area contributed by atoms with Gasteiger partial charge in [-0.2, -0.15) is 4.40 Å². The highest BCUT2D eigenvalue weighted by Gasteiger charge is 2.19. The molecule has 0 fully saturated rings. The van der Waals surface area contributed by atoms with Gasteiger partial charge in [0.15, 0.2) is 0 Å². The van der Waals surface area contributed by atoms with Crippen molar-refractivity contribution in [3.8, 4) is 5.75 Å². The van der Waals surface area contributed by atoms with Crippen LogP contribution in [0.2, 0.25) is 0 Å². The Balaban J connectivity index is 1.99. The molecule has 1 aliphatic rings. The van der Waals surface area contributed by atoms with E-state index in [1.807, 2.05) is 18.2 Å². The molecule has 1 aliphatic heterocycles. The predicted octanol–water partition coefficient (Wildman–Crippen LogP) is 1.12. The number of ether oxygens (including phenoxy) is 1. The van der Waals surface area contributed by atoms with E-state index < -0.39 is 11.2 Å². The summed E-state index contributed by atoms with van der Waals surface area (Å²) in [6, 6.07) is 5.51. The standard InChI is InChI=1S/C13H20N4O2S/c1-17(2)8-3-4-9-19-11-7-5-6-10-12(11)13(14)16-20(18)15-10/h5-7,15H,3-4,8-9H2,1-2H3,(H2,14,16). The van der Waals surface area contributed by atoms with Crippen LogP contribution in [0, 0.1) is 0 Å². The molecular formula is C13H20N4O2S. The molecule has 0 saturated heterocycles. The van der Waals surface area contributed by atoms with Crippen molar-refractivity contribution in [2.75, 3.05) is 32.0 Å². The number of anilines is 1. The molecule has 1 unspecified atom stereocenters. The second kappa shape index (κ2) is 6.71. The summed E-state index contributed by atoms with van der Waals surface area (Å²) in [7, 11) is 4.11. The quantitative estimate of drug-likeness (QED) is 0.771. The van der Waals surface area contributed by atoms with Gasteiger partial charge in [0.05, 0.1) is 17.9 Å². The lowest BCUT2D eigenvalue weighted by Crippen LogP contribution is -2.24. The Kier molecular flexibility index (Phi) is 4.97. The van der Waals surface area contributed by atoms with E-state index in [0.29, 0.717) is 23.6 Å². The Hall–Kier alpha value is -1.60. The molecule has 110 valence electrons. The third-order valence-electron chi connectivity index (χ3n) is 2.92. The maximum atomic E-state index is 11.4. The van der Waals surface area contributed by atoms with Crippen molar-refractivity contribution in [1.82, 2.24) is 4.90 Å². The minimum absolute atomic E-state index is 0.251. The topological polar surface area (TPSA) is 80.0 Å². The Morgan fingerprint density at radius 3 is 2.95 bits per heavy atom. The molecule has 0 aliphatic carbocycles. The zero-order valence-electron chi connectivity index (χ0n) is 11.8. The van der Waals surface area contributed by atoms with E-state index in [0.717, 1.165) is 19.4 Å². The second-order valence-electron chi connectivity index (χ2n) is 4.87. The third kappa shape index (κ3) is 3.71. The monoisotopic (exact) mass is 296 g/mol. The molecule has 1 aromatic carbocycles. The average Bonchev–Trinajstić information content (AvgIpc) is 2.37. The fourth-order valence-corrected chi connectivity index (χ4v) is 2.64. The molecule has 1 aromatic rings. The van der Waals surface area contributed by atoms with Crippen molar-refractivity contribution in [1.29, 1.82) is 0 Å². The molecule has 20 heavy (non-hydrogen) atoms. The van der Waals surface area contributed by atoms with Crippen LogP contribution in [0.4, 0.5) is 5.69 Å². The van der Waals surface area contributed by atoms with Crippen LogP contribution in [0.5, 0.6) is 5.75 Å². The van der Waals surface area contributed by atoms with Crippen LogP contribution < -0.4 is 15.2 Å². The van der Waals surface area contributed by atoms with E-state index in [-0.39, 0.29) is 5.84 Å². The van der Waals surface area contributed by atoms with E-state index in [1.54, 1.807) is 0 Å². The van der Waals surface area contributed by atoms with Crippen LogP contribution in [0.3, 0.4) is 0 Å². The molecule has 0 radical (unpaired) electrons. The molecule has 1 heterocycles. The minimum Gasteiger partial charge on any atom is -0.493 e. The van der Waals surface area contributed by atoms with E-state index >= 15 is 0 Å². The highest BCUT2D eigenvalue weighted by Crippen LogP contribution is 2.29. The van der Waals surface area contributed by atoms with Crippen molar-refractivity contribution >= 4 is 22.7 Å². The van der Waals surface area contributed by atoms with Crippen LogP contribution >= 0.6 is 0 Å². The van der Waals surface area contributed by atoms with E-state index in [2.05, 4.69) is 28.1 Å². The predicted molar refractivity (Wildman–Crippen MR) is 82.2 cm³/mol. The number of nitrogens with one attached hydrogen (secondary N) is 1. The van der Waals surface area contributed by atoms with Crippen LogP contribution in [0.1, 0.15) is 18.4 Å². The summed E-state index contributed by atoms with van der Waals surface area (Å²) in [5.41, 5.74) is 7.23. The normalized spacial score (nSPS) is 17.4. The maximum Gasteiger partial charge on any atom is 0.245 e. The van der Waals surface area contributed by atoms with Crippen molar-refractivity contribution in [3.05, 3.63) is 23.8 Å². The van der Waals surface area contributed by atoms with E-state index in [1.165, 1.54) is 0 Å². The lowest BCUT2D eigenvalue weighted by atomic mass is 10.1. The summed E-state index contributed by atoms with van der Waals surface area (Å²) in [6.07, 6.45) is 2.05. The Morgan fingerprint density at radius 1 is 1.40 bits per heavy atom. The number of fused-ring (bicyclic) bond motifs is 1. The van der Waals surface area contributed by atoms with Crippen LogP contribution in [0.15, 0.2) is 22.6 Å². The van der Waals surface area contributed by atoms with Crippen molar-refractivity contribution in [2.45, 2.75) is 12.8 Å². The first-order chi connectivity index (χ1) is 9.58. The molecule has 3 N–H and O–H groups in total. The lowest BCUT2D eigenvalue weighted by molar-refractivity contribution is 0.293. The molecule has 0 aromatic heterocycles. The number of amidine groups is 1. The van der Waals surface area contributed by atoms with Crippen LogP contribution in [-0.4, -0.2) is 42.2 Å². The summed E-state index contributed by atoms with van der Waals surface area (Å²) < 4.78 is 23.8. The summed E-state index contributed by atoms with van der Waals surface area (Å²) in [5.74, 6) is 0.929.